The lowest BCUT2D eigenvalue weighted by Crippen LogP contribution is -2.29. The molecular weight excluding hydrogens is 346 g/mol. The number of rotatable bonds is 5. The molecule has 0 spiro atoms. The number of benzene rings is 3. The number of ether oxygens (including phenoxy) is 1. The lowest BCUT2D eigenvalue weighted by molar-refractivity contribution is -0.125. The van der Waals surface area contributed by atoms with Crippen molar-refractivity contribution in [2.45, 2.75) is 19.5 Å². The van der Waals surface area contributed by atoms with Crippen LogP contribution in [0.4, 0.5) is 0 Å². The summed E-state index contributed by atoms with van der Waals surface area (Å²) in [5, 5.41) is 0. The van der Waals surface area contributed by atoms with E-state index in [9.17, 15) is 4.79 Å². The predicted molar refractivity (Wildman–Crippen MR) is 112 cm³/mol. The largest absolute Gasteiger partial charge is 0.497 e. The lowest BCUT2D eigenvalue weighted by atomic mass is 10.0. The third kappa shape index (κ3) is 3.56. The zero-order valence-electron chi connectivity index (χ0n) is 16.1. The van der Waals surface area contributed by atoms with Crippen molar-refractivity contribution >= 4 is 11.5 Å². The van der Waals surface area contributed by atoms with Gasteiger partial charge in [-0.05, 0) is 41.8 Å². The van der Waals surface area contributed by atoms with E-state index in [1.807, 2.05) is 59.5 Å². The fourth-order valence-electron chi connectivity index (χ4n) is 3.58. The van der Waals surface area contributed by atoms with Crippen LogP contribution in [0.15, 0.2) is 84.9 Å². The van der Waals surface area contributed by atoms with Crippen LogP contribution in [0.5, 0.6) is 5.75 Å². The Kier molecular flexibility index (Phi) is 4.98. The molecule has 1 heterocycles. The third-order valence-electron chi connectivity index (χ3n) is 5.17. The van der Waals surface area contributed by atoms with E-state index in [-0.39, 0.29) is 11.9 Å². The van der Waals surface area contributed by atoms with Crippen molar-refractivity contribution < 1.29 is 9.53 Å². The minimum atomic E-state index is -0.0783. The zero-order valence-corrected chi connectivity index (χ0v) is 16.1. The molecule has 1 aliphatic heterocycles. The average Bonchev–Trinajstić information content (AvgIpc) is 3.06. The summed E-state index contributed by atoms with van der Waals surface area (Å²) in [6.07, 6.45) is 2.09. The molecule has 4 rings (SSSR count). The molecular formula is C25H23NO2. The Morgan fingerprint density at radius 2 is 1.57 bits per heavy atom. The maximum Gasteiger partial charge on any atom is 0.255 e. The van der Waals surface area contributed by atoms with E-state index in [2.05, 4.69) is 37.3 Å². The molecule has 140 valence electrons. The number of methoxy groups -OCH3 is 1. The number of carbonyl (C=O) groups is 1. The molecule has 28 heavy (non-hydrogen) atoms. The fraction of sp³-hybridized carbons (Fsp3) is 0.160. The monoisotopic (exact) mass is 369 g/mol. The van der Waals surface area contributed by atoms with Gasteiger partial charge in [0.25, 0.3) is 5.91 Å². The van der Waals surface area contributed by atoms with Crippen LogP contribution in [-0.4, -0.2) is 17.9 Å². The molecule has 1 unspecified atom stereocenters. The second-order valence-corrected chi connectivity index (χ2v) is 7.08. The van der Waals surface area contributed by atoms with Gasteiger partial charge in [0.05, 0.1) is 13.2 Å². The molecule has 0 radical (unpaired) electrons. The summed E-state index contributed by atoms with van der Waals surface area (Å²) >= 11 is 0. The fourth-order valence-corrected chi connectivity index (χ4v) is 3.58. The first-order valence-electron chi connectivity index (χ1n) is 9.43. The standard InChI is InChI=1S/C25H23NO2/c1-18-8-12-21(13-9-18)24-16-23(20-6-4-3-5-7-20)25(27)26(24)17-19-10-14-22(28-2)15-11-19/h3-16,24H,17H2,1-2H3. The first-order valence-corrected chi connectivity index (χ1v) is 9.43. The SMILES string of the molecule is COc1ccc(CN2C(=O)C(c3ccccc3)=CC2c2ccc(C)cc2)cc1. The van der Waals surface area contributed by atoms with E-state index >= 15 is 0 Å². The Balaban J connectivity index is 1.69. The third-order valence-corrected chi connectivity index (χ3v) is 5.17. The molecule has 0 bridgehead atoms. The average molecular weight is 369 g/mol. The summed E-state index contributed by atoms with van der Waals surface area (Å²) in [6.45, 7) is 2.62. The Hall–Kier alpha value is -3.33. The number of amides is 1. The van der Waals surface area contributed by atoms with Crippen molar-refractivity contribution in [3.05, 3.63) is 107 Å². The number of hydrogen-bond acceptors (Lipinski definition) is 2. The van der Waals surface area contributed by atoms with E-state index in [1.165, 1.54) is 5.56 Å². The number of aryl methyl sites for hydroxylation is 1. The zero-order chi connectivity index (χ0) is 19.5. The van der Waals surface area contributed by atoms with Crippen LogP contribution in [0.3, 0.4) is 0 Å². The van der Waals surface area contributed by atoms with Gasteiger partial charge >= 0.3 is 0 Å². The van der Waals surface area contributed by atoms with E-state index in [4.69, 9.17) is 4.74 Å². The second-order valence-electron chi connectivity index (χ2n) is 7.08. The van der Waals surface area contributed by atoms with Gasteiger partial charge in [-0.25, -0.2) is 0 Å². The minimum Gasteiger partial charge on any atom is -0.497 e. The summed E-state index contributed by atoms with van der Waals surface area (Å²) in [7, 11) is 1.66. The van der Waals surface area contributed by atoms with Crippen LogP contribution in [0.25, 0.3) is 5.57 Å². The van der Waals surface area contributed by atoms with Gasteiger partial charge in [-0.2, -0.15) is 0 Å². The lowest BCUT2D eigenvalue weighted by Gasteiger charge is -2.25. The molecule has 1 aliphatic rings. The van der Waals surface area contributed by atoms with Crippen molar-refractivity contribution in [1.82, 2.24) is 4.90 Å². The van der Waals surface area contributed by atoms with Gasteiger partial charge in [-0.3, -0.25) is 4.79 Å². The summed E-state index contributed by atoms with van der Waals surface area (Å²) in [5.41, 5.74) is 5.14. The minimum absolute atomic E-state index is 0.0626. The Bertz CT molecular complexity index is 989. The highest BCUT2D eigenvalue weighted by atomic mass is 16.5. The van der Waals surface area contributed by atoms with Crippen molar-refractivity contribution in [2.24, 2.45) is 0 Å². The van der Waals surface area contributed by atoms with Crippen LogP contribution in [0, 0.1) is 6.92 Å². The molecule has 0 saturated carbocycles. The highest BCUT2D eigenvalue weighted by Gasteiger charge is 2.33. The summed E-state index contributed by atoms with van der Waals surface area (Å²) < 4.78 is 5.25. The highest BCUT2D eigenvalue weighted by molar-refractivity contribution is 6.21. The summed E-state index contributed by atoms with van der Waals surface area (Å²) in [4.78, 5) is 15.3. The van der Waals surface area contributed by atoms with Gasteiger partial charge in [0.15, 0.2) is 0 Å². The molecule has 0 fully saturated rings. The number of hydrogen-bond donors (Lipinski definition) is 0. The van der Waals surface area contributed by atoms with Crippen LogP contribution < -0.4 is 4.74 Å². The maximum absolute atomic E-state index is 13.3. The van der Waals surface area contributed by atoms with Crippen LogP contribution in [0.1, 0.15) is 28.3 Å². The van der Waals surface area contributed by atoms with Gasteiger partial charge in [0, 0.05) is 12.1 Å². The topological polar surface area (TPSA) is 29.5 Å². The Labute approximate surface area is 165 Å². The molecule has 3 aromatic carbocycles. The van der Waals surface area contributed by atoms with Crippen LogP contribution >= 0.6 is 0 Å². The molecule has 3 heteroatoms. The van der Waals surface area contributed by atoms with E-state index in [1.54, 1.807) is 7.11 Å². The first-order chi connectivity index (χ1) is 13.7. The van der Waals surface area contributed by atoms with Gasteiger partial charge in [0.2, 0.25) is 0 Å². The van der Waals surface area contributed by atoms with Crippen molar-refractivity contribution in [2.75, 3.05) is 7.11 Å². The smallest absolute Gasteiger partial charge is 0.255 e. The van der Waals surface area contributed by atoms with Crippen molar-refractivity contribution in [1.29, 1.82) is 0 Å². The van der Waals surface area contributed by atoms with Gasteiger partial charge in [-0.1, -0.05) is 72.3 Å². The predicted octanol–water partition coefficient (Wildman–Crippen LogP) is 5.17. The van der Waals surface area contributed by atoms with E-state index in [0.717, 1.165) is 28.0 Å². The van der Waals surface area contributed by atoms with Crippen LogP contribution in [-0.2, 0) is 11.3 Å². The summed E-state index contributed by atoms with van der Waals surface area (Å²) in [6, 6.07) is 26.1. The molecule has 3 nitrogen and oxygen atoms in total. The first kappa shape index (κ1) is 18.1. The van der Waals surface area contributed by atoms with Crippen molar-refractivity contribution in [3.63, 3.8) is 0 Å². The van der Waals surface area contributed by atoms with Gasteiger partial charge in [-0.15, -0.1) is 0 Å². The molecule has 1 atom stereocenters. The molecule has 3 aromatic rings. The van der Waals surface area contributed by atoms with E-state index in [0.29, 0.717) is 6.54 Å². The number of carbonyl (C=O) groups excluding carboxylic acids is 1. The van der Waals surface area contributed by atoms with Crippen molar-refractivity contribution in [3.8, 4) is 5.75 Å². The second kappa shape index (κ2) is 7.73. The van der Waals surface area contributed by atoms with Crippen LogP contribution in [0.2, 0.25) is 0 Å². The van der Waals surface area contributed by atoms with Gasteiger partial charge < -0.3 is 9.64 Å². The number of nitrogens with zero attached hydrogens (tertiary/aromatic N) is 1. The molecule has 0 saturated heterocycles. The highest BCUT2D eigenvalue weighted by Crippen LogP contribution is 2.37. The Morgan fingerprint density at radius 3 is 2.21 bits per heavy atom. The Morgan fingerprint density at radius 1 is 0.893 bits per heavy atom. The maximum atomic E-state index is 13.3. The normalized spacial score (nSPS) is 16.2. The molecule has 0 N–H and O–H groups in total. The van der Waals surface area contributed by atoms with Gasteiger partial charge in [0.1, 0.15) is 5.75 Å². The van der Waals surface area contributed by atoms with E-state index < -0.39 is 0 Å². The molecule has 0 aromatic heterocycles. The molecule has 0 aliphatic carbocycles. The summed E-state index contributed by atoms with van der Waals surface area (Å²) in [5.74, 6) is 0.877. The quantitative estimate of drug-likeness (QED) is 0.621. The molecule has 1 amide bonds.